The first kappa shape index (κ1) is 16.8. The van der Waals surface area contributed by atoms with E-state index >= 15 is 0 Å². The summed E-state index contributed by atoms with van der Waals surface area (Å²) in [4.78, 5) is 14.1. The summed E-state index contributed by atoms with van der Waals surface area (Å²) in [7, 11) is 0. The van der Waals surface area contributed by atoms with Crippen molar-refractivity contribution in [2.75, 3.05) is 10.7 Å². The molecule has 0 radical (unpaired) electrons. The minimum Gasteiger partial charge on any atom is -0.273 e. The van der Waals surface area contributed by atoms with Gasteiger partial charge in [-0.3, -0.25) is 9.69 Å². The largest absolute Gasteiger partial charge is 0.273 e. The standard InChI is InChI=1S/C17H11Cl2N3OS2/c18-11-6-7-12(13(19)8-11)15-20-21-17(25-15)22-14(23)9-24-16(22)10-4-2-1-3-5-10/h1-8,16H,9H2/t16-/m0/s1. The van der Waals surface area contributed by atoms with E-state index in [0.29, 0.717) is 25.9 Å². The van der Waals surface area contributed by atoms with Crippen molar-refractivity contribution in [1.29, 1.82) is 0 Å². The number of rotatable bonds is 3. The first-order chi connectivity index (χ1) is 12.1. The molecule has 1 atom stereocenters. The Balaban J connectivity index is 1.69. The second-order valence-electron chi connectivity index (χ2n) is 5.35. The number of aromatic nitrogens is 2. The van der Waals surface area contributed by atoms with Crippen LogP contribution in [0.5, 0.6) is 0 Å². The highest BCUT2D eigenvalue weighted by Gasteiger charge is 2.36. The third-order valence-corrected chi connectivity index (χ3v) is 6.45. The van der Waals surface area contributed by atoms with Gasteiger partial charge in [0.05, 0.1) is 10.8 Å². The number of thioether (sulfide) groups is 1. The van der Waals surface area contributed by atoms with E-state index in [0.717, 1.165) is 11.1 Å². The van der Waals surface area contributed by atoms with Crippen molar-refractivity contribution in [1.82, 2.24) is 10.2 Å². The minimum absolute atomic E-state index is 0.0313. The summed E-state index contributed by atoms with van der Waals surface area (Å²) in [6, 6.07) is 15.2. The molecular formula is C17H11Cl2N3OS2. The highest BCUT2D eigenvalue weighted by atomic mass is 35.5. The van der Waals surface area contributed by atoms with Crippen LogP contribution in [0.15, 0.2) is 48.5 Å². The average molecular weight is 408 g/mol. The molecular weight excluding hydrogens is 397 g/mol. The van der Waals surface area contributed by atoms with Crippen LogP contribution in [-0.2, 0) is 4.79 Å². The van der Waals surface area contributed by atoms with Gasteiger partial charge in [-0.15, -0.1) is 22.0 Å². The van der Waals surface area contributed by atoms with Gasteiger partial charge >= 0.3 is 0 Å². The van der Waals surface area contributed by atoms with E-state index in [9.17, 15) is 4.79 Å². The van der Waals surface area contributed by atoms with Crippen molar-refractivity contribution in [3.63, 3.8) is 0 Å². The molecule has 1 aromatic heterocycles. The van der Waals surface area contributed by atoms with Gasteiger partial charge < -0.3 is 0 Å². The van der Waals surface area contributed by atoms with E-state index in [-0.39, 0.29) is 11.3 Å². The molecule has 0 aliphatic carbocycles. The van der Waals surface area contributed by atoms with Crippen LogP contribution in [0.1, 0.15) is 10.9 Å². The lowest BCUT2D eigenvalue weighted by molar-refractivity contribution is -0.115. The predicted octanol–water partition coefficient (Wildman–Crippen LogP) is 5.29. The molecule has 25 heavy (non-hydrogen) atoms. The Kier molecular flexibility index (Phi) is 4.69. The van der Waals surface area contributed by atoms with E-state index in [4.69, 9.17) is 23.2 Å². The summed E-state index contributed by atoms with van der Waals surface area (Å²) in [5.41, 5.74) is 1.82. The van der Waals surface area contributed by atoms with Crippen molar-refractivity contribution in [2.45, 2.75) is 5.37 Å². The first-order valence-corrected chi connectivity index (χ1v) is 10.0. The Morgan fingerprint density at radius 2 is 1.88 bits per heavy atom. The quantitative estimate of drug-likeness (QED) is 0.591. The number of halogens is 2. The van der Waals surface area contributed by atoms with Crippen LogP contribution in [0.25, 0.3) is 10.6 Å². The lowest BCUT2D eigenvalue weighted by Crippen LogP contribution is -2.27. The van der Waals surface area contributed by atoms with Crippen LogP contribution >= 0.6 is 46.3 Å². The van der Waals surface area contributed by atoms with E-state index in [1.165, 1.54) is 11.3 Å². The third kappa shape index (κ3) is 3.27. The SMILES string of the molecule is O=C1CS[C@@H](c2ccccc2)N1c1nnc(-c2ccc(Cl)cc2Cl)s1. The minimum atomic E-state index is -0.0878. The fraction of sp³-hybridized carbons (Fsp3) is 0.118. The van der Waals surface area contributed by atoms with Crippen LogP contribution in [0, 0.1) is 0 Å². The van der Waals surface area contributed by atoms with Gasteiger partial charge in [0, 0.05) is 10.6 Å². The summed E-state index contributed by atoms with van der Waals surface area (Å²) in [5.74, 6) is 0.458. The van der Waals surface area contributed by atoms with Gasteiger partial charge in [-0.25, -0.2) is 0 Å². The van der Waals surface area contributed by atoms with E-state index < -0.39 is 0 Å². The van der Waals surface area contributed by atoms with Crippen LogP contribution < -0.4 is 4.90 Å². The highest BCUT2D eigenvalue weighted by Crippen LogP contribution is 2.44. The summed E-state index contributed by atoms with van der Waals surface area (Å²) in [5, 5.41) is 10.7. The molecule has 8 heteroatoms. The molecule has 1 aliphatic rings. The first-order valence-electron chi connectivity index (χ1n) is 7.41. The van der Waals surface area contributed by atoms with Crippen LogP contribution in [0.4, 0.5) is 5.13 Å². The molecule has 0 bridgehead atoms. The molecule has 0 N–H and O–H groups in total. The fourth-order valence-corrected chi connectivity index (χ4v) is 5.29. The van der Waals surface area contributed by atoms with Crippen molar-refractivity contribution in [3.05, 3.63) is 64.1 Å². The number of amides is 1. The summed E-state index contributed by atoms with van der Waals surface area (Å²) >= 11 is 15.1. The Hall–Kier alpha value is -1.60. The van der Waals surface area contributed by atoms with Gasteiger partial charge in [-0.1, -0.05) is 64.9 Å². The van der Waals surface area contributed by atoms with Gasteiger partial charge in [0.25, 0.3) is 0 Å². The number of benzene rings is 2. The van der Waals surface area contributed by atoms with E-state index in [1.54, 1.807) is 28.8 Å². The number of carbonyl (C=O) groups excluding carboxylic acids is 1. The number of nitrogens with zero attached hydrogens (tertiary/aromatic N) is 3. The van der Waals surface area contributed by atoms with Gasteiger partial charge in [-0.2, -0.15) is 0 Å². The van der Waals surface area contributed by atoms with E-state index in [2.05, 4.69) is 10.2 Å². The molecule has 2 heterocycles. The molecule has 0 saturated carbocycles. The maximum absolute atomic E-state index is 12.4. The molecule has 1 aliphatic heterocycles. The van der Waals surface area contributed by atoms with Crippen LogP contribution in [0.3, 0.4) is 0 Å². The van der Waals surface area contributed by atoms with Crippen LogP contribution in [-0.4, -0.2) is 21.9 Å². The Morgan fingerprint density at radius 3 is 2.64 bits per heavy atom. The zero-order valence-corrected chi connectivity index (χ0v) is 15.9. The monoisotopic (exact) mass is 407 g/mol. The molecule has 126 valence electrons. The Morgan fingerprint density at radius 1 is 1.08 bits per heavy atom. The summed E-state index contributed by atoms with van der Waals surface area (Å²) in [6.07, 6.45) is 0. The van der Waals surface area contributed by atoms with Gasteiger partial charge in [0.2, 0.25) is 11.0 Å². The molecule has 1 amide bonds. The Labute approximate surface area is 162 Å². The van der Waals surface area contributed by atoms with Crippen LogP contribution in [0.2, 0.25) is 10.0 Å². The zero-order chi connectivity index (χ0) is 17.4. The zero-order valence-electron chi connectivity index (χ0n) is 12.7. The topological polar surface area (TPSA) is 46.1 Å². The van der Waals surface area contributed by atoms with Gasteiger partial charge in [0.1, 0.15) is 5.37 Å². The summed E-state index contributed by atoms with van der Waals surface area (Å²) in [6.45, 7) is 0. The molecule has 0 unspecified atom stereocenters. The lowest BCUT2D eigenvalue weighted by atomic mass is 10.2. The molecule has 0 spiro atoms. The fourth-order valence-electron chi connectivity index (χ4n) is 2.58. The number of anilines is 1. The van der Waals surface area contributed by atoms with E-state index in [1.807, 2.05) is 36.4 Å². The normalized spacial score (nSPS) is 17.3. The highest BCUT2D eigenvalue weighted by molar-refractivity contribution is 8.00. The molecule has 2 aromatic carbocycles. The number of carbonyl (C=O) groups is 1. The molecule has 1 fully saturated rings. The molecule has 4 rings (SSSR count). The predicted molar refractivity (Wildman–Crippen MR) is 104 cm³/mol. The maximum Gasteiger partial charge on any atom is 0.240 e. The summed E-state index contributed by atoms with van der Waals surface area (Å²) < 4.78 is 0. The number of hydrogen-bond acceptors (Lipinski definition) is 5. The second-order valence-corrected chi connectivity index (χ2v) is 8.22. The lowest BCUT2D eigenvalue weighted by Gasteiger charge is -2.20. The molecule has 1 saturated heterocycles. The van der Waals surface area contributed by atoms with Crippen molar-refractivity contribution in [3.8, 4) is 10.6 Å². The van der Waals surface area contributed by atoms with Crippen molar-refractivity contribution >= 4 is 57.3 Å². The van der Waals surface area contributed by atoms with Gasteiger partial charge in [0.15, 0.2) is 5.01 Å². The Bertz CT molecular complexity index is 933. The molecule has 4 nitrogen and oxygen atoms in total. The van der Waals surface area contributed by atoms with Gasteiger partial charge in [-0.05, 0) is 23.8 Å². The smallest absolute Gasteiger partial charge is 0.240 e. The second kappa shape index (κ2) is 6.96. The molecule has 3 aromatic rings. The number of hydrogen-bond donors (Lipinski definition) is 0. The average Bonchev–Trinajstić information content (AvgIpc) is 3.22. The maximum atomic E-state index is 12.4. The third-order valence-electron chi connectivity index (χ3n) is 3.73. The van der Waals surface area contributed by atoms with Crippen molar-refractivity contribution < 1.29 is 4.79 Å². The van der Waals surface area contributed by atoms with Crippen molar-refractivity contribution in [2.24, 2.45) is 0 Å².